The number of fused-ring (bicyclic) bond motifs is 1. The zero-order valence-electron chi connectivity index (χ0n) is 14.3. The molecule has 2 unspecified atom stereocenters. The van der Waals surface area contributed by atoms with E-state index in [0.717, 1.165) is 5.57 Å². The molecule has 0 aromatic carbocycles. The molecule has 24 heavy (non-hydrogen) atoms. The first-order valence-electron chi connectivity index (χ1n) is 8.17. The van der Waals surface area contributed by atoms with Crippen molar-refractivity contribution in [3.05, 3.63) is 48.1 Å². The van der Waals surface area contributed by atoms with Crippen LogP contribution in [0.5, 0.6) is 0 Å². The minimum atomic E-state index is -0.935. The highest BCUT2D eigenvalue weighted by atomic mass is 32.2. The third kappa shape index (κ3) is 4.66. The second-order valence-corrected chi connectivity index (χ2v) is 8.18. The lowest BCUT2D eigenvalue weighted by Gasteiger charge is -2.42. The van der Waals surface area contributed by atoms with E-state index in [1.807, 2.05) is 11.8 Å². The van der Waals surface area contributed by atoms with Crippen LogP contribution in [0.2, 0.25) is 0 Å². The van der Waals surface area contributed by atoms with Crippen LogP contribution < -0.4 is 5.73 Å². The zero-order chi connectivity index (χ0) is 17.7. The summed E-state index contributed by atoms with van der Waals surface area (Å²) >= 11 is 2.02. The highest BCUT2D eigenvalue weighted by Gasteiger charge is 2.38. The number of nitrogens with two attached hydrogens (primary N) is 1. The van der Waals surface area contributed by atoms with Gasteiger partial charge in [-0.15, -0.1) is 0 Å². The van der Waals surface area contributed by atoms with E-state index in [0.29, 0.717) is 22.2 Å². The molecule has 1 heterocycles. The molecule has 1 saturated heterocycles. The minimum Gasteiger partial charge on any atom is -0.481 e. The van der Waals surface area contributed by atoms with Crippen molar-refractivity contribution in [1.82, 2.24) is 0 Å². The number of thioether (sulfide) groups is 1. The summed E-state index contributed by atoms with van der Waals surface area (Å²) in [6, 6.07) is 0. The number of allylic oxidation sites excluding steroid dienone is 5. The molecule has 0 amide bonds. The average Bonchev–Trinajstić information content (AvgIpc) is 2.53. The molecule has 0 spiro atoms. The quantitative estimate of drug-likeness (QED) is 0.606. The summed E-state index contributed by atoms with van der Waals surface area (Å²) in [7, 11) is 0. The van der Waals surface area contributed by atoms with Crippen LogP contribution in [-0.2, 0) is 4.79 Å². The van der Waals surface area contributed by atoms with Gasteiger partial charge in [0.2, 0.25) is 0 Å². The van der Waals surface area contributed by atoms with Gasteiger partial charge in [-0.3, -0.25) is 4.79 Å². The molecule has 1 aliphatic heterocycles. The Bertz CT molecular complexity index is 661. The fourth-order valence-electron chi connectivity index (χ4n) is 2.89. The minimum absolute atomic E-state index is 0.0657. The van der Waals surface area contributed by atoms with Gasteiger partial charge in [0.15, 0.2) is 0 Å². The van der Waals surface area contributed by atoms with Gasteiger partial charge in [-0.2, -0.15) is 11.8 Å². The smallest absolute Gasteiger partial charge is 0.311 e. The van der Waals surface area contributed by atoms with E-state index >= 15 is 0 Å². The maximum atomic E-state index is 10.9. The van der Waals surface area contributed by atoms with Crippen molar-refractivity contribution in [1.29, 1.82) is 0 Å². The highest BCUT2D eigenvalue weighted by molar-refractivity contribution is 8.00. The van der Waals surface area contributed by atoms with Crippen molar-refractivity contribution < 1.29 is 9.90 Å². The molecule has 0 saturated carbocycles. The Balaban J connectivity index is 2.06. The molecule has 128 valence electrons. The normalized spacial score (nSPS) is 26.0. The lowest BCUT2D eigenvalue weighted by molar-refractivity contribution is -0.139. The number of hydrogen-bond donors (Lipinski definition) is 2. The molecule has 1 fully saturated rings. The highest BCUT2D eigenvalue weighted by Crippen LogP contribution is 2.46. The van der Waals surface area contributed by atoms with E-state index < -0.39 is 11.9 Å². The summed E-state index contributed by atoms with van der Waals surface area (Å²) in [5, 5.41) is 9.51. The number of carboxylic acid groups (broad SMARTS) is 1. The number of hydrogen-bond acceptors (Lipinski definition) is 3. The second-order valence-electron chi connectivity index (χ2n) is 6.90. The topological polar surface area (TPSA) is 63.3 Å². The van der Waals surface area contributed by atoms with Crippen molar-refractivity contribution in [2.75, 3.05) is 12.3 Å². The Morgan fingerprint density at radius 2 is 2.38 bits per heavy atom. The zero-order valence-corrected chi connectivity index (χ0v) is 15.1. The van der Waals surface area contributed by atoms with Gasteiger partial charge < -0.3 is 10.8 Å². The summed E-state index contributed by atoms with van der Waals surface area (Å²) in [4.78, 5) is 10.9. The summed E-state index contributed by atoms with van der Waals surface area (Å²) in [5.74, 6) is 6.23. The molecular formula is C20H25NO2S. The molecule has 3 nitrogen and oxygen atoms in total. The Kier molecular flexibility index (Phi) is 6.15. The first-order valence-corrected chi connectivity index (χ1v) is 9.22. The fraction of sp³-hybridized carbons (Fsp3) is 0.450. The Labute approximate surface area is 148 Å². The maximum Gasteiger partial charge on any atom is 0.311 e. The SMILES string of the molecule is C=C(C#CC1=CC2[C@@H](C=C1)SCCC2(C)C)/C=C\C(CN)C(=O)O. The van der Waals surface area contributed by atoms with E-state index in [1.165, 1.54) is 12.2 Å². The molecule has 3 N–H and O–H groups in total. The molecule has 0 bridgehead atoms. The van der Waals surface area contributed by atoms with Crippen molar-refractivity contribution in [3.63, 3.8) is 0 Å². The van der Waals surface area contributed by atoms with E-state index in [-0.39, 0.29) is 6.54 Å². The van der Waals surface area contributed by atoms with E-state index in [4.69, 9.17) is 10.8 Å². The molecule has 0 radical (unpaired) electrons. The summed E-state index contributed by atoms with van der Waals surface area (Å²) in [5.41, 5.74) is 7.31. The number of carbonyl (C=O) groups is 1. The van der Waals surface area contributed by atoms with Crippen LogP contribution in [-0.4, -0.2) is 28.6 Å². The van der Waals surface area contributed by atoms with Gasteiger partial charge in [-0.05, 0) is 29.6 Å². The van der Waals surface area contributed by atoms with Crippen LogP contribution in [0.1, 0.15) is 20.3 Å². The molecular weight excluding hydrogens is 318 g/mol. The van der Waals surface area contributed by atoms with Crippen molar-refractivity contribution in [2.24, 2.45) is 23.0 Å². The van der Waals surface area contributed by atoms with Gasteiger partial charge in [-0.25, -0.2) is 0 Å². The number of carboxylic acids is 1. The lowest BCUT2D eigenvalue weighted by atomic mass is 9.72. The summed E-state index contributed by atoms with van der Waals surface area (Å²) in [6.07, 6.45) is 11.0. The first-order chi connectivity index (χ1) is 11.3. The van der Waals surface area contributed by atoms with E-state index in [2.05, 4.69) is 50.5 Å². The molecule has 0 aromatic rings. The monoisotopic (exact) mass is 343 g/mol. The van der Waals surface area contributed by atoms with Crippen molar-refractivity contribution >= 4 is 17.7 Å². The second kappa shape index (κ2) is 7.92. The predicted octanol–water partition coefficient (Wildman–Crippen LogP) is 3.41. The van der Waals surface area contributed by atoms with Gasteiger partial charge in [0.05, 0.1) is 5.92 Å². The van der Waals surface area contributed by atoms with Gasteiger partial charge >= 0.3 is 5.97 Å². The third-order valence-corrected chi connectivity index (χ3v) is 5.88. The summed E-state index contributed by atoms with van der Waals surface area (Å²) in [6.45, 7) is 8.58. The molecule has 2 rings (SSSR count). The van der Waals surface area contributed by atoms with Crippen molar-refractivity contribution in [3.8, 4) is 11.8 Å². The standard InChI is InChI=1S/C20H25NO2S/c1-14(5-8-16(13-21)19(22)23)4-6-15-7-9-18-17(12-15)20(2,3)10-11-24-18/h5,7-9,12,16-18H,1,10-11,13,21H2,2-3H3,(H,22,23)/b8-5-/t16?,17?,18-/m1/s1. The van der Waals surface area contributed by atoms with Gasteiger partial charge in [0.1, 0.15) is 0 Å². The van der Waals surface area contributed by atoms with Crippen molar-refractivity contribution in [2.45, 2.75) is 25.5 Å². The Morgan fingerprint density at radius 3 is 3.04 bits per heavy atom. The first kappa shape index (κ1) is 18.6. The average molecular weight is 343 g/mol. The number of aliphatic carboxylic acids is 1. The molecule has 4 heteroatoms. The van der Waals surface area contributed by atoms with Gasteiger partial charge in [0, 0.05) is 22.9 Å². The molecule has 3 atom stereocenters. The molecule has 0 aromatic heterocycles. The largest absolute Gasteiger partial charge is 0.481 e. The number of rotatable bonds is 4. The fourth-order valence-corrected chi connectivity index (χ4v) is 4.65. The van der Waals surface area contributed by atoms with Crippen LogP contribution in [0.25, 0.3) is 0 Å². The van der Waals surface area contributed by atoms with Crippen LogP contribution in [0.3, 0.4) is 0 Å². The van der Waals surface area contributed by atoms with Crippen LogP contribution in [0, 0.1) is 29.1 Å². The Morgan fingerprint density at radius 1 is 1.62 bits per heavy atom. The maximum absolute atomic E-state index is 10.9. The van der Waals surface area contributed by atoms with E-state index in [9.17, 15) is 4.79 Å². The lowest BCUT2D eigenvalue weighted by Crippen LogP contribution is -2.36. The van der Waals surface area contributed by atoms with E-state index in [1.54, 1.807) is 12.2 Å². The Hall–Kier alpha value is -1.70. The molecule has 2 aliphatic rings. The van der Waals surface area contributed by atoms with Gasteiger partial charge in [0.25, 0.3) is 0 Å². The van der Waals surface area contributed by atoms with Crippen LogP contribution in [0.4, 0.5) is 0 Å². The predicted molar refractivity (Wildman–Crippen MR) is 102 cm³/mol. The molecule has 1 aliphatic carbocycles. The van der Waals surface area contributed by atoms with Gasteiger partial charge in [-0.1, -0.05) is 56.6 Å². The van der Waals surface area contributed by atoms with Crippen LogP contribution >= 0.6 is 11.8 Å². The van der Waals surface area contributed by atoms with Crippen LogP contribution in [0.15, 0.2) is 48.1 Å². The third-order valence-electron chi connectivity index (χ3n) is 4.61. The summed E-state index contributed by atoms with van der Waals surface area (Å²) < 4.78 is 0.